The summed E-state index contributed by atoms with van der Waals surface area (Å²) in [7, 11) is 0. The number of aromatic nitrogens is 1. The van der Waals surface area contributed by atoms with E-state index >= 15 is 0 Å². The zero-order valence-corrected chi connectivity index (χ0v) is 10.5. The molecular formula is C15H21N. The minimum atomic E-state index is 0.765. The van der Waals surface area contributed by atoms with E-state index in [0.29, 0.717) is 0 Å². The van der Waals surface area contributed by atoms with Crippen molar-refractivity contribution in [3.63, 3.8) is 0 Å². The van der Waals surface area contributed by atoms with Crippen LogP contribution in [-0.4, -0.2) is 4.57 Å². The van der Waals surface area contributed by atoms with Crippen LogP contribution >= 0.6 is 0 Å². The molecule has 0 aliphatic heterocycles. The Hall–Kier alpha value is -1.24. The fourth-order valence-corrected chi connectivity index (χ4v) is 2.37. The maximum absolute atomic E-state index is 2.39. The van der Waals surface area contributed by atoms with Crippen molar-refractivity contribution in [1.82, 2.24) is 4.57 Å². The molecule has 0 aliphatic carbocycles. The number of fused-ring (bicyclic) bond motifs is 1. The van der Waals surface area contributed by atoms with Gasteiger partial charge < -0.3 is 4.57 Å². The lowest BCUT2D eigenvalue weighted by Gasteiger charge is -2.12. The van der Waals surface area contributed by atoms with Crippen molar-refractivity contribution in [2.75, 3.05) is 0 Å². The molecule has 1 atom stereocenters. The summed E-state index contributed by atoms with van der Waals surface area (Å²) in [5.74, 6) is 0.765. The van der Waals surface area contributed by atoms with E-state index in [4.69, 9.17) is 0 Å². The average molecular weight is 215 g/mol. The van der Waals surface area contributed by atoms with Crippen molar-refractivity contribution >= 4 is 10.9 Å². The average Bonchev–Trinajstić information content (AvgIpc) is 2.61. The van der Waals surface area contributed by atoms with E-state index in [2.05, 4.69) is 55.8 Å². The van der Waals surface area contributed by atoms with Gasteiger partial charge in [0.25, 0.3) is 0 Å². The predicted octanol–water partition coefficient (Wildman–Crippen LogP) is 4.39. The van der Waals surface area contributed by atoms with Crippen molar-refractivity contribution < 1.29 is 0 Å². The van der Waals surface area contributed by atoms with Crippen LogP contribution in [0, 0.1) is 12.8 Å². The third kappa shape index (κ3) is 2.29. The molecule has 1 nitrogen and oxygen atoms in total. The second-order valence-corrected chi connectivity index (χ2v) is 4.92. The first-order valence-electron chi connectivity index (χ1n) is 6.26. The first kappa shape index (κ1) is 11.3. The van der Waals surface area contributed by atoms with Crippen LogP contribution in [0.5, 0.6) is 0 Å². The minimum absolute atomic E-state index is 0.765. The molecule has 1 aromatic heterocycles. The van der Waals surface area contributed by atoms with E-state index < -0.39 is 0 Å². The number of hydrogen-bond acceptors (Lipinski definition) is 0. The lowest BCUT2D eigenvalue weighted by molar-refractivity contribution is 0.453. The molecule has 2 rings (SSSR count). The first-order chi connectivity index (χ1) is 7.70. The minimum Gasteiger partial charge on any atom is -0.347 e. The van der Waals surface area contributed by atoms with Crippen LogP contribution in [0.2, 0.25) is 0 Å². The summed E-state index contributed by atoms with van der Waals surface area (Å²) in [6, 6.07) is 8.90. The molecule has 0 radical (unpaired) electrons. The lowest BCUT2D eigenvalue weighted by atomic mass is 10.1. The number of hydrogen-bond donors (Lipinski definition) is 0. The van der Waals surface area contributed by atoms with Gasteiger partial charge in [0, 0.05) is 18.3 Å². The molecule has 0 N–H and O–H groups in total. The highest BCUT2D eigenvalue weighted by Gasteiger charge is 2.05. The van der Waals surface area contributed by atoms with Gasteiger partial charge in [-0.15, -0.1) is 0 Å². The molecule has 2 aromatic rings. The smallest absolute Gasteiger partial charge is 0.0483 e. The summed E-state index contributed by atoms with van der Waals surface area (Å²) in [5.41, 5.74) is 2.72. The van der Waals surface area contributed by atoms with Crippen molar-refractivity contribution in [3.05, 3.63) is 36.0 Å². The van der Waals surface area contributed by atoms with Gasteiger partial charge in [-0.2, -0.15) is 0 Å². The van der Waals surface area contributed by atoms with Gasteiger partial charge in [0.2, 0.25) is 0 Å². The highest BCUT2D eigenvalue weighted by atomic mass is 15.0. The molecule has 1 heteroatoms. The Balaban J connectivity index is 2.27. The molecule has 1 unspecified atom stereocenters. The highest BCUT2D eigenvalue weighted by Crippen LogP contribution is 2.19. The fourth-order valence-electron chi connectivity index (χ4n) is 2.37. The topological polar surface area (TPSA) is 4.93 Å². The Labute approximate surface area is 98.1 Å². The Morgan fingerprint density at radius 2 is 2.06 bits per heavy atom. The molecule has 1 aromatic carbocycles. The van der Waals surface area contributed by atoms with Crippen LogP contribution in [0.25, 0.3) is 10.9 Å². The summed E-state index contributed by atoms with van der Waals surface area (Å²) in [5, 5.41) is 1.36. The molecule has 0 spiro atoms. The Kier molecular flexibility index (Phi) is 3.33. The molecule has 1 heterocycles. The number of nitrogens with zero attached hydrogens (tertiary/aromatic N) is 1. The predicted molar refractivity (Wildman–Crippen MR) is 70.7 cm³/mol. The van der Waals surface area contributed by atoms with E-state index in [9.17, 15) is 0 Å². The van der Waals surface area contributed by atoms with Gasteiger partial charge >= 0.3 is 0 Å². The van der Waals surface area contributed by atoms with Crippen LogP contribution in [0.1, 0.15) is 32.3 Å². The summed E-state index contributed by atoms with van der Waals surface area (Å²) in [6.45, 7) is 7.90. The van der Waals surface area contributed by atoms with Crippen LogP contribution in [0.15, 0.2) is 30.5 Å². The molecule has 16 heavy (non-hydrogen) atoms. The van der Waals surface area contributed by atoms with Gasteiger partial charge in [-0.1, -0.05) is 32.4 Å². The van der Waals surface area contributed by atoms with Gasteiger partial charge in [-0.05, 0) is 42.3 Å². The second kappa shape index (κ2) is 4.73. The molecule has 0 amide bonds. The van der Waals surface area contributed by atoms with Crippen molar-refractivity contribution in [2.45, 2.75) is 40.2 Å². The van der Waals surface area contributed by atoms with E-state index in [-0.39, 0.29) is 0 Å². The summed E-state index contributed by atoms with van der Waals surface area (Å²) in [4.78, 5) is 0. The molecule has 0 bridgehead atoms. The van der Waals surface area contributed by atoms with E-state index in [1.165, 1.54) is 29.3 Å². The molecule has 0 fully saturated rings. The zero-order chi connectivity index (χ0) is 11.5. The van der Waals surface area contributed by atoms with Gasteiger partial charge in [0.15, 0.2) is 0 Å². The normalized spacial score (nSPS) is 13.2. The SMILES string of the molecule is CCCC(C)Cn1ccc2ccc(C)cc21. The third-order valence-corrected chi connectivity index (χ3v) is 3.22. The summed E-state index contributed by atoms with van der Waals surface area (Å²) < 4.78 is 2.39. The maximum atomic E-state index is 2.39. The zero-order valence-electron chi connectivity index (χ0n) is 10.5. The molecule has 0 aliphatic rings. The van der Waals surface area contributed by atoms with Gasteiger partial charge in [0.1, 0.15) is 0 Å². The quantitative estimate of drug-likeness (QED) is 0.713. The second-order valence-electron chi connectivity index (χ2n) is 4.92. The Morgan fingerprint density at radius 1 is 1.25 bits per heavy atom. The van der Waals surface area contributed by atoms with Crippen LogP contribution in [-0.2, 0) is 6.54 Å². The van der Waals surface area contributed by atoms with Gasteiger partial charge in [-0.25, -0.2) is 0 Å². The molecule has 0 saturated carbocycles. The highest BCUT2D eigenvalue weighted by molar-refractivity contribution is 5.80. The fraction of sp³-hybridized carbons (Fsp3) is 0.467. The standard InChI is InChI=1S/C15H21N/c1-4-5-13(3)11-16-9-8-14-7-6-12(2)10-15(14)16/h6-10,13H,4-5,11H2,1-3H3. The van der Waals surface area contributed by atoms with E-state index in [0.717, 1.165) is 12.5 Å². The largest absolute Gasteiger partial charge is 0.347 e. The number of rotatable bonds is 4. The number of aryl methyl sites for hydroxylation is 1. The van der Waals surface area contributed by atoms with Crippen molar-refractivity contribution in [3.8, 4) is 0 Å². The van der Waals surface area contributed by atoms with Crippen molar-refractivity contribution in [1.29, 1.82) is 0 Å². The Bertz CT molecular complexity index is 467. The van der Waals surface area contributed by atoms with E-state index in [1.54, 1.807) is 0 Å². The van der Waals surface area contributed by atoms with Crippen molar-refractivity contribution in [2.24, 2.45) is 5.92 Å². The van der Waals surface area contributed by atoms with Gasteiger partial charge in [-0.3, -0.25) is 0 Å². The Morgan fingerprint density at radius 3 is 2.81 bits per heavy atom. The van der Waals surface area contributed by atoms with Crippen LogP contribution < -0.4 is 0 Å². The molecule has 0 saturated heterocycles. The van der Waals surface area contributed by atoms with Crippen LogP contribution in [0.3, 0.4) is 0 Å². The molecular weight excluding hydrogens is 194 g/mol. The molecule has 86 valence electrons. The van der Waals surface area contributed by atoms with Gasteiger partial charge in [0.05, 0.1) is 0 Å². The summed E-state index contributed by atoms with van der Waals surface area (Å²) >= 11 is 0. The monoisotopic (exact) mass is 215 g/mol. The first-order valence-corrected chi connectivity index (χ1v) is 6.26. The third-order valence-electron chi connectivity index (χ3n) is 3.22. The summed E-state index contributed by atoms with van der Waals surface area (Å²) in [6.07, 6.45) is 4.81. The lowest BCUT2D eigenvalue weighted by Crippen LogP contribution is -2.06. The van der Waals surface area contributed by atoms with E-state index in [1.807, 2.05) is 0 Å². The van der Waals surface area contributed by atoms with Crippen LogP contribution in [0.4, 0.5) is 0 Å². The maximum Gasteiger partial charge on any atom is 0.0483 e. The number of benzene rings is 1.